The zero-order valence-corrected chi connectivity index (χ0v) is 7.93. The van der Waals surface area contributed by atoms with Crippen LogP contribution in [0.1, 0.15) is 19.8 Å². The summed E-state index contributed by atoms with van der Waals surface area (Å²) in [6, 6.07) is 0. The summed E-state index contributed by atoms with van der Waals surface area (Å²) in [6.45, 7) is 3.47. The fourth-order valence-electron chi connectivity index (χ4n) is 1.28. The molecule has 0 aromatic heterocycles. The average molecular weight is 194 g/mol. The van der Waals surface area contributed by atoms with Crippen LogP contribution in [0.15, 0.2) is 0 Å². The van der Waals surface area contributed by atoms with E-state index in [2.05, 4.69) is 6.92 Å². The van der Waals surface area contributed by atoms with Gasteiger partial charge < -0.3 is 4.74 Å². The molecule has 1 rings (SSSR count). The van der Waals surface area contributed by atoms with Gasteiger partial charge in [-0.15, -0.1) is 0 Å². The fourth-order valence-corrected chi connectivity index (χ4v) is 1.79. The molecular weight excluding hydrogens is 180 g/mol. The molecule has 0 saturated carbocycles. The van der Waals surface area contributed by atoms with E-state index >= 15 is 0 Å². The maximum Gasteiger partial charge on any atom is 0.264 e. The number of hydrogen-bond donors (Lipinski definition) is 1. The predicted molar refractivity (Wildman–Crippen MR) is 44.6 cm³/mol. The molecule has 0 aliphatic carbocycles. The van der Waals surface area contributed by atoms with E-state index in [1.165, 1.54) is 0 Å². The topological polar surface area (TPSA) is 63.6 Å². The quantitative estimate of drug-likeness (QED) is 0.669. The summed E-state index contributed by atoms with van der Waals surface area (Å²) in [6.07, 6.45) is 1.31. The van der Waals surface area contributed by atoms with Gasteiger partial charge in [0.25, 0.3) is 10.1 Å². The summed E-state index contributed by atoms with van der Waals surface area (Å²) < 4.78 is 34.2. The van der Waals surface area contributed by atoms with Crippen molar-refractivity contribution in [3.63, 3.8) is 0 Å². The van der Waals surface area contributed by atoms with E-state index in [1.54, 1.807) is 0 Å². The minimum Gasteiger partial charge on any atom is -0.380 e. The number of ether oxygens (including phenoxy) is 1. The second-order valence-electron chi connectivity index (χ2n) is 3.69. The van der Waals surface area contributed by atoms with Gasteiger partial charge in [-0.1, -0.05) is 6.92 Å². The monoisotopic (exact) mass is 194 g/mol. The van der Waals surface area contributed by atoms with Gasteiger partial charge in [-0.25, -0.2) is 0 Å². The normalized spacial score (nSPS) is 21.8. The standard InChI is InChI=1S/C7H14O4S/c1-7(5-11-6-7)3-2-4-12(8,9)10/h2-6H2,1H3,(H,8,9,10). The van der Waals surface area contributed by atoms with Crippen LogP contribution in [0.2, 0.25) is 0 Å². The first kappa shape index (κ1) is 9.95. The summed E-state index contributed by atoms with van der Waals surface area (Å²) in [4.78, 5) is 0. The molecule has 0 spiro atoms. The van der Waals surface area contributed by atoms with E-state index < -0.39 is 10.1 Å². The molecule has 0 unspecified atom stereocenters. The molecule has 12 heavy (non-hydrogen) atoms. The third kappa shape index (κ3) is 3.08. The van der Waals surface area contributed by atoms with Crippen LogP contribution < -0.4 is 0 Å². The molecule has 4 nitrogen and oxygen atoms in total. The van der Waals surface area contributed by atoms with E-state index in [4.69, 9.17) is 9.29 Å². The highest BCUT2D eigenvalue weighted by Gasteiger charge is 2.32. The van der Waals surface area contributed by atoms with Crippen molar-refractivity contribution in [2.75, 3.05) is 19.0 Å². The van der Waals surface area contributed by atoms with Crippen molar-refractivity contribution in [3.05, 3.63) is 0 Å². The Balaban J connectivity index is 2.18. The van der Waals surface area contributed by atoms with Crippen molar-refractivity contribution in [1.82, 2.24) is 0 Å². The summed E-state index contributed by atoms with van der Waals surface area (Å²) >= 11 is 0. The molecule has 1 fully saturated rings. The van der Waals surface area contributed by atoms with Gasteiger partial charge in [0.2, 0.25) is 0 Å². The van der Waals surface area contributed by atoms with Gasteiger partial charge in [-0.2, -0.15) is 8.42 Å². The molecule has 1 N–H and O–H groups in total. The summed E-state index contributed by atoms with van der Waals surface area (Å²) in [5, 5.41) is 0. The molecule has 1 aliphatic heterocycles. The maximum absolute atomic E-state index is 10.3. The molecule has 0 atom stereocenters. The Labute approximate surface area is 72.7 Å². The van der Waals surface area contributed by atoms with Crippen LogP contribution in [0.4, 0.5) is 0 Å². The van der Waals surface area contributed by atoms with E-state index in [9.17, 15) is 8.42 Å². The molecule has 1 heterocycles. The highest BCUT2D eigenvalue weighted by atomic mass is 32.2. The van der Waals surface area contributed by atoms with Crippen LogP contribution in [0.3, 0.4) is 0 Å². The summed E-state index contributed by atoms with van der Waals surface area (Å²) in [5.41, 5.74) is 0.144. The molecule has 1 saturated heterocycles. The third-order valence-electron chi connectivity index (χ3n) is 2.08. The Morgan fingerprint density at radius 3 is 2.42 bits per heavy atom. The van der Waals surface area contributed by atoms with E-state index in [0.29, 0.717) is 19.6 Å². The lowest BCUT2D eigenvalue weighted by Crippen LogP contribution is -2.39. The fraction of sp³-hybridized carbons (Fsp3) is 1.00. The third-order valence-corrected chi connectivity index (χ3v) is 2.89. The molecule has 72 valence electrons. The Morgan fingerprint density at radius 2 is 2.08 bits per heavy atom. The van der Waals surface area contributed by atoms with Crippen molar-refractivity contribution in [2.45, 2.75) is 19.8 Å². The lowest BCUT2D eigenvalue weighted by molar-refractivity contribution is -0.105. The molecular formula is C7H14O4S. The van der Waals surface area contributed by atoms with Gasteiger partial charge in [0.1, 0.15) is 0 Å². The van der Waals surface area contributed by atoms with Crippen LogP contribution in [0.5, 0.6) is 0 Å². The Morgan fingerprint density at radius 1 is 1.50 bits per heavy atom. The molecule has 0 radical (unpaired) electrons. The predicted octanol–water partition coefficient (Wildman–Crippen LogP) is 0.691. The van der Waals surface area contributed by atoms with Gasteiger partial charge in [0, 0.05) is 5.41 Å². The molecule has 0 aromatic carbocycles. The van der Waals surface area contributed by atoms with E-state index in [-0.39, 0.29) is 11.2 Å². The molecule has 0 amide bonds. The lowest BCUT2D eigenvalue weighted by Gasteiger charge is -2.38. The van der Waals surface area contributed by atoms with Crippen LogP contribution in [0, 0.1) is 5.41 Å². The maximum atomic E-state index is 10.3. The number of rotatable bonds is 4. The summed E-state index contributed by atoms with van der Waals surface area (Å²) in [7, 11) is -3.77. The zero-order chi connectivity index (χ0) is 9.24. The van der Waals surface area contributed by atoms with Crippen molar-refractivity contribution in [3.8, 4) is 0 Å². The van der Waals surface area contributed by atoms with Gasteiger partial charge in [0.15, 0.2) is 0 Å². The van der Waals surface area contributed by atoms with Crippen LogP contribution >= 0.6 is 0 Å². The first-order valence-electron chi connectivity index (χ1n) is 3.94. The van der Waals surface area contributed by atoms with Crippen molar-refractivity contribution in [1.29, 1.82) is 0 Å². The SMILES string of the molecule is CC1(CCCS(=O)(=O)O)COC1. The summed E-state index contributed by atoms with van der Waals surface area (Å²) in [5.74, 6) is -0.136. The van der Waals surface area contributed by atoms with Crippen molar-refractivity contribution >= 4 is 10.1 Å². The van der Waals surface area contributed by atoms with Crippen LogP contribution in [-0.4, -0.2) is 31.9 Å². The Bertz CT molecular complexity index is 240. The van der Waals surface area contributed by atoms with Crippen LogP contribution in [0.25, 0.3) is 0 Å². The molecule has 0 aromatic rings. The molecule has 0 bridgehead atoms. The average Bonchev–Trinajstić information content (AvgIpc) is 1.81. The van der Waals surface area contributed by atoms with Crippen molar-refractivity contribution in [2.24, 2.45) is 5.41 Å². The highest BCUT2D eigenvalue weighted by Crippen LogP contribution is 2.31. The second-order valence-corrected chi connectivity index (χ2v) is 5.27. The second kappa shape index (κ2) is 3.32. The van der Waals surface area contributed by atoms with Gasteiger partial charge in [-0.05, 0) is 12.8 Å². The van der Waals surface area contributed by atoms with Crippen molar-refractivity contribution < 1.29 is 17.7 Å². The highest BCUT2D eigenvalue weighted by molar-refractivity contribution is 7.85. The van der Waals surface area contributed by atoms with E-state index in [1.807, 2.05) is 0 Å². The largest absolute Gasteiger partial charge is 0.380 e. The van der Waals surface area contributed by atoms with Crippen LogP contribution in [-0.2, 0) is 14.9 Å². The van der Waals surface area contributed by atoms with E-state index in [0.717, 1.165) is 6.42 Å². The first-order valence-corrected chi connectivity index (χ1v) is 5.55. The smallest absolute Gasteiger partial charge is 0.264 e. The molecule has 1 aliphatic rings. The molecule has 5 heteroatoms. The minimum atomic E-state index is -3.77. The van der Waals surface area contributed by atoms with Gasteiger partial charge in [-0.3, -0.25) is 4.55 Å². The lowest BCUT2D eigenvalue weighted by atomic mass is 9.84. The van der Waals surface area contributed by atoms with Gasteiger partial charge in [0.05, 0.1) is 19.0 Å². The van der Waals surface area contributed by atoms with Gasteiger partial charge >= 0.3 is 0 Å². The minimum absolute atomic E-state index is 0.136. The Kier molecular flexibility index (Phi) is 2.75. The Hall–Kier alpha value is -0.130. The number of hydrogen-bond acceptors (Lipinski definition) is 3. The zero-order valence-electron chi connectivity index (χ0n) is 7.12. The first-order chi connectivity index (χ1) is 5.41.